The summed E-state index contributed by atoms with van der Waals surface area (Å²) in [7, 11) is 1.46. The highest BCUT2D eigenvalue weighted by molar-refractivity contribution is 5.68. The summed E-state index contributed by atoms with van der Waals surface area (Å²) < 4.78 is 4.66. The van der Waals surface area contributed by atoms with E-state index < -0.39 is 0 Å². The molecule has 0 spiro atoms. The Kier molecular flexibility index (Phi) is 17.0. The first kappa shape index (κ1) is 23.9. The number of unbranched alkanes of at least 4 members (excludes halogenated alkanes) is 9. The second-order valence-electron chi connectivity index (χ2n) is 7.13. The molecule has 0 heterocycles. The fourth-order valence-corrected chi connectivity index (χ4v) is 3.09. The number of hydrogen-bond donors (Lipinski definition) is 0. The molecular formula is C23H42O2. The molecule has 1 atom stereocenters. The molecule has 1 unspecified atom stereocenters. The van der Waals surface area contributed by atoms with Crippen LogP contribution in [-0.2, 0) is 9.53 Å². The zero-order valence-electron chi connectivity index (χ0n) is 17.2. The van der Waals surface area contributed by atoms with Crippen molar-refractivity contribution in [2.45, 2.75) is 104 Å². The van der Waals surface area contributed by atoms with E-state index >= 15 is 0 Å². The Balaban J connectivity index is 3.80. The van der Waals surface area contributed by atoms with Crippen molar-refractivity contribution in [3.8, 4) is 0 Å². The van der Waals surface area contributed by atoms with E-state index in [4.69, 9.17) is 0 Å². The van der Waals surface area contributed by atoms with Gasteiger partial charge in [-0.25, -0.2) is 0 Å². The van der Waals surface area contributed by atoms with Gasteiger partial charge in [0.05, 0.1) is 7.11 Å². The van der Waals surface area contributed by atoms with Crippen LogP contribution in [0.25, 0.3) is 0 Å². The first-order valence-electron chi connectivity index (χ1n) is 10.6. The highest BCUT2D eigenvalue weighted by Crippen LogP contribution is 2.22. The summed E-state index contributed by atoms with van der Waals surface area (Å²) in [5, 5.41) is 0. The third-order valence-electron chi connectivity index (χ3n) is 4.94. The monoisotopic (exact) mass is 350 g/mol. The van der Waals surface area contributed by atoms with Gasteiger partial charge in [0.15, 0.2) is 0 Å². The standard InChI is InChI=1S/C23H42O2/c1-5-7-8-9-12-15-18-22(21(3)6-2)19-16-13-10-11-14-17-20-23(24)25-4/h15,18,22H,3,5-14,16-17,19-20H2,1-2,4H3/b18-15+. The number of ether oxygens (including phenoxy) is 1. The van der Waals surface area contributed by atoms with E-state index in [1.807, 2.05) is 0 Å². The number of carbonyl (C=O) groups excluding carboxylic acids is 1. The van der Waals surface area contributed by atoms with E-state index in [1.54, 1.807) is 0 Å². The van der Waals surface area contributed by atoms with Gasteiger partial charge >= 0.3 is 5.97 Å². The Morgan fingerprint density at radius 1 is 0.960 bits per heavy atom. The van der Waals surface area contributed by atoms with Crippen molar-refractivity contribution < 1.29 is 9.53 Å². The first-order chi connectivity index (χ1) is 12.2. The Morgan fingerprint density at radius 2 is 1.60 bits per heavy atom. The largest absolute Gasteiger partial charge is 0.469 e. The molecule has 0 aliphatic rings. The zero-order valence-corrected chi connectivity index (χ0v) is 17.2. The molecule has 0 saturated heterocycles. The molecule has 0 amide bonds. The van der Waals surface area contributed by atoms with Crippen LogP contribution in [0.4, 0.5) is 0 Å². The molecule has 0 aromatic rings. The maximum Gasteiger partial charge on any atom is 0.305 e. The van der Waals surface area contributed by atoms with Gasteiger partial charge in [0.25, 0.3) is 0 Å². The van der Waals surface area contributed by atoms with Gasteiger partial charge in [0.2, 0.25) is 0 Å². The summed E-state index contributed by atoms with van der Waals surface area (Å²) in [6, 6.07) is 0. The Hall–Kier alpha value is -1.05. The second kappa shape index (κ2) is 17.8. The number of hydrogen-bond acceptors (Lipinski definition) is 2. The van der Waals surface area contributed by atoms with Gasteiger partial charge in [-0.05, 0) is 38.0 Å². The number of allylic oxidation sites excluding steroid dienone is 3. The molecule has 0 aliphatic heterocycles. The minimum Gasteiger partial charge on any atom is -0.469 e. The SMILES string of the molecule is C=C(CC)C(/C=C/CCCCCC)CCCCCCCCC(=O)OC. The molecule has 0 rings (SSSR count). The van der Waals surface area contributed by atoms with Crippen LogP contribution in [0.1, 0.15) is 104 Å². The number of methoxy groups -OCH3 is 1. The lowest BCUT2D eigenvalue weighted by atomic mass is 9.91. The molecule has 2 nitrogen and oxygen atoms in total. The highest BCUT2D eigenvalue weighted by atomic mass is 16.5. The van der Waals surface area contributed by atoms with Gasteiger partial charge in [0, 0.05) is 6.42 Å². The van der Waals surface area contributed by atoms with E-state index in [-0.39, 0.29) is 5.97 Å². The van der Waals surface area contributed by atoms with Gasteiger partial charge in [0.1, 0.15) is 0 Å². The van der Waals surface area contributed by atoms with Crippen LogP contribution in [0.2, 0.25) is 0 Å². The van der Waals surface area contributed by atoms with Gasteiger partial charge in [-0.2, -0.15) is 0 Å². The average molecular weight is 351 g/mol. The third-order valence-corrected chi connectivity index (χ3v) is 4.94. The maximum absolute atomic E-state index is 11.0. The molecule has 0 fully saturated rings. The van der Waals surface area contributed by atoms with E-state index in [9.17, 15) is 4.79 Å². The van der Waals surface area contributed by atoms with Crippen molar-refractivity contribution in [1.82, 2.24) is 0 Å². The zero-order chi connectivity index (χ0) is 18.8. The second-order valence-corrected chi connectivity index (χ2v) is 7.13. The minimum absolute atomic E-state index is 0.0811. The van der Waals surface area contributed by atoms with Crippen molar-refractivity contribution in [2.24, 2.45) is 5.92 Å². The van der Waals surface area contributed by atoms with Crippen LogP contribution in [0.3, 0.4) is 0 Å². The van der Waals surface area contributed by atoms with Gasteiger partial charge in [-0.1, -0.05) is 89.5 Å². The predicted octanol–water partition coefficient (Wildman–Crippen LogP) is 7.39. The number of rotatable bonds is 17. The van der Waals surface area contributed by atoms with Crippen LogP contribution in [0.5, 0.6) is 0 Å². The smallest absolute Gasteiger partial charge is 0.305 e. The molecule has 0 aromatic heterocycles. The van der Waals surface area contributed by atoms with E-state index in [0.29, 0.717) is 12.3 Å². The molecule has 0 aromatic carbocycles. The summed E-state index contributed by atoms with van der Waals surface area (Å²) in [5.41, 5.74) is 1.38. The normalized spacial score (nSPS) is 12.4. The topological polar surface area (TPSA) is 26.3 Å². The molecule has 0 bridgehead atoms. The molecule has 25 heavy (non-hydrogen) atoms. The third kappa shape index (κ3) is 15.0. The summed E-state index contributed by atoms with van der Waals surface area (Å²) in [6.07, 6.45) is 21.4. The highest BCUT2D eigenvalue weighted by Gasteiger charge is 2.07. The first-order valence-corrected chi connectivity index (χ1v) is 10.6. The molecule has 2 heteroatoms. The summed E-state index contributed by atoms with van der Waals surface area (Å²) in [5.74, 6) is 0.484. The number of esters is 1. The van der Waals surface area contributed by atoms with Gasteiger partial charge < -0.3 is 4.74 Å². The molecular weight excluding hydrogens is 308 g/mol. The Morgan fingerprint density at radius 3 is 2.24 bits per heavy atom. The van der Waals surface area contributed by atoms with E-state index in [1.165, 1.54) is 76.9 Å². The van der Waals surface area contributed by atoms with Gasteiger partial charge in [-0.15, -0.1) is 0 Å². The van der Waals surface area contributed by atoms with Crippen LogP contribution in [-0.4, -0.2) is 13.1 Å². The van der Waals surface area contributed by atoms with Crippen molar-refractivity contribution in [1.29, 1.82) is 0 Å². The molecule has 0 saturated carbocycles. The summed E-state index contributed by atoms with van der Waals surface area (Å²) in [6.45, 7) is 8.74. The minimum atomic E-state index is -0.0811. The van der Waals surface area contributed by atoms with Crippen molar-refractivity contribution in [3.05, 3.63) is 24.3 Å². The Bertz CT molecular complexity index is 357. The van der Waals surface area contributed by atoms with E-state index in [2.05, 4.69) is 37.3 Å². The summed E-state index contributed by atoms with van der Waals surface area (Å²) >= 11 is 0. The van der Waals surface area contributed by atoms with Gasteiger partial charge in [-0.3, -0.25) is 4.79 Å². The maximum atomic E-state index is 11.0. The molecule has 0 aliphatic carbocycles. The van der Waals surface area contributed by atoms with Crippen LogP contribution >= 0.6 is 0 Å². The van der Waals surface area contributed by atoms with Crippen LogP contribution < -0.4 is 0 Å². The Labute approximate surface area is 157 Å². The van der Waals surface area contributed by atoms with Crippen molar-refractivity contribution >= 4 is 5.97 Å². The average Bonchev–Trinajstić information content (AvgIpc) is 2.63. The fourth-order valence-electron chi connectivity index (χ4n) is 3.09. The van der Waals surface area contributed by atoms with Crippen molar-refractivity contribution in [2.75, 3.05) is 7.11 Å². The lowest BCUT2D eigenvalue weighted by Gasteiger charge is -2.15. The fraction of sp³-hybridized carbons (Fsp3) is 0.783. The number of carbonyl (C=O) groups is 1. The van der Waals surface area contributed by atoms with Crippen LogP contribution in [0, 0.1) is 5.92 Å². The van der Waals surface area contributed by atoms with Crippen molar-refractivity contribution in [3.63, 3.8) is 0 Å². The van der Waals surface area contributed by atoms with E-state index in [0.717, 1.165) is 19.3 Å². The predicted molar refractivity (Wildman–Crippen MR) is 110 cm³/mol. The molecule has 0 radical (unpaired) electrons. The lowest BCUT2D eigenvalue weighted by Crippen LogP contribution is -2.00. The lowest BCUT2D eigenvalue weighted by molar-refractivity contribution is -0.140. The van der Waals surface area contributed by atoms with Crippen LogP contribution in [0.15, 0.2) is 24.3 Å². The quantitative estimate of drug-likeness (QED) is 0.155. The molecule has 0 N–H and O–H groups in total. The molecule has 146 valence electrons. The summed E-state index contributed by atoms with van der Waals surface area (Å²) in [4.78, 5) is 11.0.